The van der Waals surface area contributed by atoms with E-state index >= 15 is 0 Å². The molecule has 2 aromatic rings. The summed E-state index contributed by atoms with van der Waals surface area (Å²) < 4.78 is 11.8. The Balaban J connectivity index is 2.04. The van der Waals surface area contributed by atoms with Crippen LogP contribution in [0.2, 0.25) is 5.15 Å². The lowest BCUT2D eigenvalue weighted by Crippen LogP contribution is -2.45. The lowest BCUT2D eigenvalue weighted by atomic mass is 10.0. The zero-order valence-corrected chi connectivity index (χ0v) is 14.3. The molecule has 2 atom stereocenters. The summed E-state index contributed by atoms with van der Waals surface area (Å²) in [6.45, 7) is 3.34. The fraction of sp³-hybridized carbons (Fsp3) is 0.294. The van der Waals surface area contributed by atoms with Gasteiger partial charge in [-0.1, -0.05) is 41.9 Å². The Morgan fingerprint density at radius 3 is 2.78 bits per heavy atom. The number of nitrogens with zero attached hydrogens (tertiary/aromatic N) is 3. The Bertz CT molecular complexity index is 747. The van der Waals surface area contributed by atoms with Gasteiger partial charge >= 0.3 is 0 Å². The number of hydrogen-bond donors (Lipinski definition) is 0. The summed E-state index contributed by atoms with van der Waals surface area (Å²) >= 11 is 5.46. The van der Waals surface area contributed by atoms with Gasteiger partial charge in [0.25, 0.3) is 0 Å². The van der Waals surface area contributed by atoms with E-state index in [1.165, 1.54) is 0 Å². The fourth-order valence-electron chi connectivity index (χ4n) is 2.71. The Morgan fingerprint density at radius 2 is 2.13 bits per heavy atom. The SMILES string of the molecule is CC1CN(c2cc(-c3ccccc3)c(C#N)c(Cl)n2)CC[S+]1[O-]. The highest BCUT2D eigenvalue weighted by Gasteiger charge is 2.28. The van der Waals surface area contributed by atoms with Crippen LogP contribution in [0.15, 0.2) is 36.4 Å². The zero-order chi connectivity index (χ0) is 16.4. The zero-order valence-electron chi connectivity index (χ0n) is 12.7. The van der Waals surface area contributed by atoms with Gasteiger partial charge in [0.1, 0.15) is 28.0 Å². The summed E-state index contributed by atoms with van der Waals surface area (Å²) in [7, 11) is 0. The predicted molar refractivity (Wildman–Crippen MR) is 94.1 cm³/mol. The Kier molecular flexibility index (Phi) is 4.76. The van der Waals surface area contributed by atoms with Crippen LogP contribution in [0.1, 0.15) is 12.5 Å². The van der Waals surface area contributed by atoms with E-state index < -0.39 is 11.2 Å². The minimum absolute atomic E-state index is 0.0974. The van der Waals surface area contributed by atoms with Crippen molar-refractivity contribution < 1.29 is 4.55 Å². The van der Waals surface area contributed by atoms with Gasteiger partial charge in [-0.05, 0) is 29.7 Å². The number of aromatic nitrogens is 1. The molecule has 1 aliphatic rings. The molecular weight excluding hydrogens is 330 g/mol. The summed E-state index contributed by atoms with van der Waals surface area (Å²) in [5.41, 5.74) is 2.10. The topological polar surface area (TPSA) is 63.0 Å². The van der Waals surface area contributed by atoms with Crippen molar-refractivity contribution in [2.45, 2.75) is 12.2 Å². The Hall–Kier alpha value is -1.74. The molecule has 1 aromatic carbocycles. The van der Waals surface area contributed by atoms with E-state index in [0.717, 1.165) is 16.9 Å². The fourth-order valence-corrected chi connectivity index (χ4v) is 4.09. The number of benzene rings is 1. The van der Waals surface area contributed by atoms with E-state index in [2.05, 4.69) is 16.0 Å². The van der Waals surface area contributed by atoms with Crippen LogP contribution in [0.25, 0.3) is 11.1 Å². The van der Waals surface area contributed by atoms with E-state index in [1.54, 1.807) is 0 Å². The molecule has 3 rings (SSSR count). The highest BCUT2D eigenvalue weighted by atomic mass is 35.5. The summed E-state index contributed by atoms with van der Waals surface area (Å²) in [4.78, 5) is 6.47. The third-order valence-electron chi connectivity index (χ3n) is 3.97. The van der Waals surface area contributed by atoms with Crippen LogP contribution in [0.5, 0.6) is 0 Å². The first-order valence-electron chi connectivity index (χ1n) is 7.38. The van der Waals surface area contributed by atoms with Gasteiger partial charge in [-0.15, -0.1) is 0 Å². The van der Waals surface area contributed by atoms with Gasteiger partial charge in [-0.2, -0.15) is 5.26 Å². The maximum Gasteiger partial charge on any atom is 0.149 e. The molecule has 0 N–H and O–H groups in total. The number of halogens is 1. The third kappa shape index (κ3) is 3.30. The van der Waals surface area contributed by atoms with Gasteiger partial charge in [0.05, 0.1) is 18.7 Å². The van der Waals surface area contributed by atoms with Crippen LogP contribution >= 0.6 is 11.6 Å². The smallest absolute Gasteiger partial charge is 0.149 e. The van der Waals surface area contributed by atoms with Gasteiger partial charge in [0.2, 0.25) is 0 Å². The average molecular weight is 346 g/mol. The molecule has 0 bridgehead atoms. The normalized spacial score (nSPS) is 21.0. The summed E-state index contributed by atoms with van der Waals surface area (Å²) in [6.07, 6.45) is 0. The second-order valence-corrected chi connectivity index (χ2v) is 7.85. The van der Waals surface area contributed by atoms with E-state index in [9.17, 15) is 9.81 Å². The predicted octanol–water partition coefficient (Wildman–Crippen LogP) is 3.23. The van der Waals surface area contributed by atoms with E-state index in [4.69, 9.17) is 11.6 Å². The van der Waals surface area contributed by atoms with Gasteiger partial charge in [-0.25, -0.2) is 4.98 Å². The largest absolute Gasteiger partial charge is 0.616 e. The van der Waals surface area contributed by atoms with Gasteiger partial charge < -0.3 is 9.45 Å². The minimum Gasteiger partial charge on any atom is -0.616 e. The molecule has 1 aromatic heterocycles. The number of rotatable bonds is 2. The van der Waals surface area contributed by atoms with Crippen LogP contribution < -0.4 is 4.90 Å². The molecule has 23 heavy (non-hydrogen) atoms. The first kappa shape index (κ1) is 16.1. The number of hydrogen-bond acceptors (Lipinski definition) is 4. The molecule has 0 saturated carbocycles. The molecule has 0 spiro atoms. The second-order valence-electron chi connectivity index (χ2n) is 5.51. The molecule has 2 heterocycles. The molecule has 2 unspecified atom stereocenters. The van der Waals surface area contributed by atoms with E-state index in [1.807, 2.05) is 43.3 Å². The maximum atomic E-state index is 11.8. The molecule has 0 radical (unpaired) electrons. The van der Waals surface area contributed by atoms with Crippen molar-refractivity contribution in [3.63, 3.8) is 0 Å². The van der Waals surface area contributed by atoms with E-state index in [0.29, 0.717) is 24.4 Å². The summed E-state index contributed by atoms with van der Waals surface area (Å²) in [5.74, 6) is 1.36. The number of nitriles is 1. The highest BCUT2D eigenvalue weighted by molar-refractivity contribution is 7.92. The first-order chi connectivity index (χ1) is 11.1. The molecule has 0 amide bonds. The average Bonchev–Trinajstić information content (AvgIpc) is 2.57. The molecule has 118 valence electrons. The molecule has 1 saturated heterocycles. The Labute approximate surface area is 143 Å². The monoisotopic (exact) mass is 345 g/mol. The van der Waals surface area contributed by atoms with Gasteiger partial charge in [-0.3, -0.25) is 0 Å². The lowest BCUT2D eigenvalue weighted by molar-refractivity contribution is 0.568. The van der Waals surface area contributed by atoms with Crippen molar-refractivity contribution in [2.24, 2.45) is 0 Å². The van der Waals surface area contributed by atoms with Crippen molar-refractivity contribution in [3.8, 4) is 17.2 Å². The van der Waals surface area contributed by atoms with E-state index in [-0.39, 0.29) is 10.4 Å². The van der Waals surface area contributed by atoms with Crippen LogP contribution in [0, 0.1) is 11.3 Å². The van der Waals surface area contributed by atoms with Crippen LogP contribution in [-0.4, -0.2) is 33.6 Å². The maximum absolute atomic E-state index is 11.8. The molecule has 4 nitrogen and oxygen atoms in total. The van der Waals surface area contributed by atoms with Crippen molar-refractivity contribution >= 4 is 28.6 Å². The second kappa shape index (κ2) is 6.79. The van der Waals surface area contributed by atoms with Crippen molar-refractivity contribution in [1.82, 2.24) is 4.98 Å². The lowest BCUT2D eigenvalue weighted by Gasteiger charge is -2.33. The van der Waals surface area contributed by atoms with Crippen molar-refractivity contribution in [3.05, 3.63) is 47.1 Å². The summed E-state index contributed by atoms with van der Waals surface area (Å²) in [5, 5.41) is 9.72. The number of pyridine rings is 1. The van der Waals surface area contributed by atoms with Gasteiger partial charge in [0, 0.05) is 5.56 Å². The molecule has 1 fully saturated rings. The number of anilines is 1. The van der Waals surface area contributed by atoms with Gasteiger partial charge in [0.15, 0.2) is 0 Å². The van der Waals surface area contributed by atoms with Crippen LogP contribution in [0.4, 0.5) is 5.82 Å². The standard InChI is InChI=1S/C17H16ClN3OS/c1-12-11-21(7-8-23(12)22)16-9-14(13-5-3-2-4-6-13)15(10-19)17(18)20-16/h2-6,9,12H,7-8,11H2,1H3. The van der Waals surface area contributed by atoms with Crippen molar-refractivity contribution in [2.75, 3.05) is 23.7 Å². The van der Waals surface area contributed by atoms with Crippen LogP contribution in [-0.2, 0) is 11.2 Å². The molecule has 1 aliphatic heterocycles. The first-order valence-corrected chi connectivity index (χ1v) is 9.14. The van der Waals surface area contributed by atoms with Crippen LogP contribution in [0.3, 0.4) is 0 Å². The van der Waals surface area contributed by atoms with Crippen molar-refractivity contribution in [1.29, 1.82) is 5.26 Å². The molecular formula is C17H16ClN3OS. The third-order valence-corrected chi connectivity index (χ3v) is 5.88. The minimum atomic E-state index is -0.787. The quantitative estimate of drug-likeness (QED) is 0.619. The Morgan fingerprint density at radius 1 is 1.39 bits per heavy atom. The molecule has 0 aliphatic carbocycles. The highest BCUT2D eigenvalue weighted by Crippen LogP contribution is 2.32. The summed E-state index contributed by atoms with van der Waals surface area (Å²) in [6, 6.07) is 13.7. The molecule has 6 heteroatoms.